The first-order chi connectivity index (χ1) is 6.88. The molecule has 2 aliphatic carbocycles. The van der Waals surface area contributed by atoms with E-state index in [9.17, 15) is 0 Å². The summed E-state index contributed by atoms with van der Waals surface area (Å²) in [7, 11) is 0. The monoisotopic (exact) mass is 195 g/mol. The van der Waals surface area contributed by atoms with Crippen molar-refractivity contribution in [3.05, 3.63) is 0 Å². The van der Waals surface area contributed by atoms with Crippen LogP contribution < -0.4 is 5.32 Å². The van der Waals surface area contributed by atoms with Crippen LogP contribution in [0.1, 0.15) is 64.7 Å². The number of rotatable bonds is 3. The molecule has 0 aliphatic heterocycles. The van der Waals surface area contributed by atoms with Gasteiger partial charge in [-0.15, -0.1) is 0 Å². The molecule has 2 rings (SSSR count). The molecule has 2 saturated carbocycles. The second-order valence-corrected chi connectivity index (χ2v) is 5.27. The van der Waals surface area contributed by atoms with E-state index in [-0.39, 0.29) is 0 Å². The van der Waals surface area contributed by atoms with Crippen molar-refractivity contribution < 1.29 is 0 Å². The lowest BCUT2D eigenvalue weighted by Gasteiger charge is -2.31. The molecule has 1 nitrogen and oxygen atoms in total. The Labute approximate surface area is 88.7 Å². The first-order valence-corrected chi connectivity index (χ1v) is 6.64. The fourth-order valence-electron chi connectivity index (χ4n) is 2.86. The van der Waals surface area contributed by atoms with E-state index < -0.39 is 0 Å². The quantitative estimate of drug-likeness (QED) is 0.680. The van der Waals surface area contributed by atoms with E-state index >= 15 is 0 Å². The fourth-order valence-corrected chi connectivity index (χ4v) is 2.86. The predicted molar refractivity (Wildman–Crippen MR) is 61.4 cm³/mol. The third-order valence-corrected chi connectivity index (χ3v) is 4.24. The lowest BCUT2D eigenvalue weighted by atomic mass is 9.91. The normalized spacial score (nSPS) is 34.9. The van der Waals surface area contributed by atoms with Crippen LogP contribution in [0.15, 0.2) is 0 Å². The lowest BCUT2D eigenvalue weighted by Crippen LogP contribution is -2.42. The molecular weight excluding hydrogens is 170 g/mol. The second kappa shape index (κ2) is 5.16. The highest BCUT2D eigenvalue weighted by Gasteiger charge is 2.23. The van der Waals surface area contributed by atoms with E-state index in [1.807, 2.05) is 0 Å². The van der Waals surface area contributed by atoms with Crippen molar-refractivity contribution in [2.45, 2.75) is 76.8 Å². The van der Waals surface area contributed by atoms with Crippen LogP contribution in [0.3, 0.4) is 0 Å². The summed E-state index contributed by atoms with van der Waals surface area (Å²) in [6.07, 6.45) is 13.0. The van der Waals surface area contributed by atoms with E-state index in [1.54, 1.807) is 0 Å². The van der Waals surface area contributed by atoms with Crippen molar-refractivity contribution in [3.63, 3.8) is 0 Å². The van der Waals surface area contributed by atoms with Crippen LogP contribution in [-0.4, -0.2) is 12.1 Å². The molecule has 14 heavy (non-hydrogen) atoms. The molecule has 82 valence electrons. The minimum absolute atomic E-state index is 0.858. The van der Waals surface area contributed by atoms with Gasteiger partial charge >= 0.3 is 0 Å². The third kappa shape index (κ3) is 2.73. The van der Waals surface area contributed by atoms with Gasteiger partial charge in [-0.25, -0.2) is 0 Å². The SMILES string of the molecule is CCC1CCCC(NC2CCC2)CC1. The van der Waals surface area contributed by atoms with E-state index in [0.29, 0.717) is 0 Å². The summed E-state index contributed by atoms with van der Waals surface area (Å²) >= 11 is 0. The zero-order chi connectivity index (χ0) is 9.80. The summed E-state index contributed by atoms with van der Waals surface area (Å²) in [5.74, 6) is 1.03. The largest absolute Gasteiger partial charge is 0.311 e. The molecule has 0 aromatic carbocycles. The van der Waals surface area contributed by atoms with Crippen LogP contribution in [-0.2, 0) is 0 Å². The Balaban J connectivity index is 1.71. The fraction of sp³-hybridized carbons (Fsp3) is 1.00. The minimum Gasteiger partial charge on any atom is -0.311 e. The summed E-state index contributed by atoms with van der Waals surface area (Å²) in [4.78, 5) is 0. The van der Waals surface area contributed by atoms with E-state index in [0.717, 1.165) is 18.0 Å². The number of hydrogen-bond acceptors (Lipinski definition) is 1. The smallest absolute Gasteiger partial charge is 0.00697 e. The average molecular weight is 195 g/mol. The first kappa shape index (κ1) is 10.5. The van der Waals surface area contributed by atoms with Crippen molar-refractivity contribution in [3.8, 4) is 0 Å². The van der Waals surface area contributed by atoms with Crippen molar-refractivity contribution in [1.29, 1.82) is 0 Å². The first-order valence-electron chi connectivity index (χ1n) is 6.64. The maximum Gasteiger partial charge on any atom is 0.00697 e. The Kier molecular flexibility index (Phi) is 3.86. The molecule has 2 aliphatic rings. The van der Waals surface area contributed by atoms with E-state index in [4.69, 9.17) is 0 Å². The van der Waals surface area contributed by atoms with Gasteiger partial charge in [0, 0.05) is 12.1 Å². The van der Waals surface area contributed by atoms with Gasteiger partial charge in [-0.05, 0) is 38.0 Å². The van der Waals surface area contributed by atoms with Crippen LogP contribution in [0, 0.1) is 5.92 Å². The van der Waals surface area contributed by atoms with E-state index in [1.165, 1.54) is 57.8 Å². The van der Waals surface area contributed by atoms with Gasteiger partial charge in [0.1, 0.15) is 0 Å². The summed E-state index contributed by atoms with van der Waals surface area (Å²) in [6.45, 7) is 2.35. The molecule has 0 saturated heterocycles. The molecule has 0 amide bonds. The zero-order valence-corrected chi connectivity index (χ0v) is 9.60. The Hall–Kier alpha value is -0.0400. The van der Waals surface area contributed by atoms with Gasteiger partial charge in [0.05, 0.1) is 0 Å². The van der Waals surface area contributed by atoms with Crippen molar-refractivity contribution in [1.82, 2.24) is 5.32 Å². The van der Waals surface area contributed by atoms with Gasteiger partial charge in [0.2, 0.25) is 0 Å². The van der Waals surface area contributed by atoms with Crippen LogP contribution in [0.2, 0.25) is 0 Å². The van der Waals surface area contributed by atoms with Gasteiger partial charge in [0.25, 0.3) is 0 Å². The van der Waals surface area contributed by atoms with Gasteiger partial charge in [-0.3, -0.25) is 0 Å². The topological polar surface area (TPSA) is 12.0 Å². The standard InChI is InChI=1S/C13H25N/c1-2-11-5-3-6-13(10-9-11)14-12-7-4-8-12/h11-14H,2-10H2,1H3. The maximum absolute atomic E-state index is 3.84. The van der Waals surface area contributed by atoms with Crippen molar-refractivity contribution >= 4 is 0 Å². The average Bonchev–Trinajstić information content (AvgIpc) is 2.36. The van der Waals surface area contributed by atoms with Gasteiger partial charge in [-0.2, -0.15) is 0 Å². The molecule has 2 fully saturated rings. The van der Waals surface area contributed by atoms with Gasteiger partial charge < -0.3 is 5.32 Å². The number of nitrogens with one attached hydrogen (secondary N) is 1. The molecule has 0 spiro atoms. The number of hydrogen-bond donors (Lipinski definition) is 1. The van der Waals surface area contributed by atoms with Crippen LogP contribution >= 0.6 is 0 Å². The Bertz CT molecular complexity index is 163. The summed E-state index contributed by atoms with van der Waals surface area (Å²) in [5.41, 5.74) is 0. The Morgan fingerprint density at radius 2 is 1.50 bits per heavy atom. The van der Waals surface area contributed by atoms with Crippen molar-refractivity contribution in [2.24, 2.45) is 5.92 Å². The Morgan fingerprint density at radius 1 is 0.857 bits per heavy atom. The predicted octanol–water partition coefficient (Wildman–Crippen LogP) is 3.49. The molecule has 0 radical (unpaired) electrons. The summed E-state index contributed by atoms with van der Waals surface area (Å²) < 4.78 is 0. The highest BCUT2D eigenvalue weighted by atomic mass is 15.0. The van der Waals surface area contributed by atoms with Crippen LogP contribution in [0.25, 0.3) is 0 Å². The third-order valence-electron chi connectivity index (χ3n) is 4.24. The van der Waals surface area contributed by atoms with Crippen LogP contribution in [0.4, 0.5) is 0 Å². The maximum atomic E-state index is 3.84. The second-order valence-electron chi connectivity index (χ2n) is 5.27. The molecule has 0 aromatic heterocycles. The Morgan fingerprint density at radius 3 is 2.14 bits per heavy atom. The highest BCUT2D eigenvalue weighted by molar-refractivity contribution is 4.82. The minimum atomic E-state index is 0.858. The molecule has 0 aromatic rings. The van der Waals surface area contributed by atoms with Gasteiger partial charge in [0.15, 0.2) is 0 Å². The molecular formula is C13H25N. The summed E-state index contributed by atoms with van der Waals surface area (Å²) in [5, 5.41) is 3.84. The highest BCUT2D eigenvalue weighted by Crippen LogP contribution is 2.27. The summed E-state index contributed by atoms with van der Waals surface area (Å²) in [6, 6.07) is 1.75. The molecule has 0 bridgehead atoms. The molecule has 1 N–H and O–H groups in total. The molecule has 2 unspecified atom stereocenters. The zero-order valence-electron chi connectivity index (χ0n) is 9.60. The van der Waals surface area contributed by atoms with Crippen LogP contribution in [0.5, 0.6) is 0 Å². The van der Waals surface area contributed by atoms with Crippen molar-refractivity contribution in [2.75, 3.05) is 0 Å². The van der Waals surface area contributed by atoms with E-state index in [2.05, 4.69) is 12.2 Å². The molecule has 1 heteroatoms. The molecule has 0 heterocycles. The molecule has 2 atom stereocenters. The lowest BCUT2D eigenvalue weighted by molar-refractivity contribution is 0.288. The van der Waals surface area contributed by atoms with Gasteiger partial charge in [-0.1, -0.05) is 32.6 Å².